The van der Waals surface area contributed by atoms with E-state index in [0.717, 1.165) is 12.1 Å². The van der Waals surface area contributed by atoms with Crippen LogP contribution in [0, 0.1) is 0 Å². The molecule has 152 valence electrons. The smallest absolute Gasteiger partial charge is 0.347 e. The first-order chi connectivity index (χ1) is 13.9. The van der Waals surface area contributed by atoms with Gasteiger partial charge in [-0.1, -0.05) is 0 Å². The van der Waals surface area contributed by atoms with Gasteiger partial charge < -0.3 is 24.4 Å². The molecule has 2 aromatic rings. The zero-order valence-corrected chi connectivity index (χ0v) is 15.6. The van der Waals surface area contributed by atoms with Gasteiger partial charge in [0.25, 0.3) is 0 Å². The molecule has 9 nitrogen and oxygen atoms in total. The third kappa shape index (κ3) is 4.70. The van der Waals surface area contributed by atoms with Crippen LogP contribution in [0.15, 0.2) is 24.3 Å². The summed E-state index contributed by atoms with van der Waals surface area (Å²) in [4.78, 5) is 46.5. The Bertz CT molecular complexity index is 963. The van der Waals surface area contributed by atoms with Crippen LogP contribution in [0.1, 0.15) is 55.3 Å². The van der Waals surface area contributed by atoms with Crippen LogP contribution >= 0.6 is 0 Å². The Morgan fingerprint density at radius 3 is 1.93 bits per heavy atom. The van der Waals surface area contributed by atoms with Gasteiger partial charge in [-0.2, -0.15) is 0 Å². The number of carboxylic acid groups (broad SMARTS) is 1. The molecular formula is C20H18O9. The fourth-order valence-electron chi connectivity index (χ4n) is 2.48. The maximum Gasteiger partial charge on any atom is 0.347 e. The van der Waals surface area contributed by atoms with Gasteiger partial charge in [-0.05, 0) is 38.1 Å². The molecule has 0 saturated heterocycles. The largest absolute Gasteiger partial charge is 0.504 e. The van der Waals surface area contributed by atoms with Crippen molar-refractivity contribution in [2.45, 2.75) is 13.8 Å². The number of aromatic carboxylic acids is 1. The summed E-state index contributed by atoms with van der Waals surface area (Å²) >= 11 is 0. The van der Waals surface area contributed by atoms with Crippen LogP contribution < -0.4 is 14.2 Å². The number of esters is 1. The second kappa shape index (κ2) is 9.36. The van der Waals surface area contributed by atoms with Crippen molar-refractivity contribution < 1.29 is 43.6 Å². The molecular weight excluding hydrogens is 384 g/mol. The number of carbonyl (C=O) groups excluding carboxylic acids is 3. The number of ether oxygens (including phenoxy) is 3. The number of benzene rings is 2. The van der Waals surface area contributed by atoms with Gasteiger partial charge in [0, 0.05) is 11.1 Å². The molecule has 0 fully saturated rings. The summed E-state index contributed by atoms with van der Waals surface area (Å²) in [5, 5.41) is 19.7. The number of carbonyl (C=O) groups is 4. The van der Waals surface area contributed by atoms with Crippen LogP contribution in [0.25, 0.3) is 0 Å². The molecule has 9 heteroatoms. The Kier molecular flexibility index (Phi) is 6.91. The van der Waals surface area contributed by atoms with Gasteiger partial charge in [0.05, 0.1) is 13.2 Å². The van der Waals surface area contributed by atoms with E-state index in [1.54, 1.807) is 13.8 Å². The summed E-state index contributed by atoms with van der Waals surface area (Å²) in [6.45, 7) is 3.53. The third-order valence-electron chi connectivity index (χ3n) is 3.69. The molecule has 2 N–H and O–H groups in total. The van der Waals surface area contributed by atoms with E-state index in [-0.39, 0.29) is 35.8 Å². The van der Waals surface area contributed by atoms with E-state index < -0.39 is 34.6 Å². The first-order valence-electron chi connectivity index (χ1n) is 8.52. The van der Waals surface area contributed by atoms with E-state index in [9.17, 15) is 29.4 Å². The molecule has 2 aromatic carbocycles. The number of phenols is 1. The molecule has 2 rings (SSSR count). The molecule has 29 heavy (non-hydrogen) atoms. The van der Waals surface area contributed by atoms with Crippen LogP contribution in [0.4, 0.5) is 0 Å². The number of aldehydes is 2. The zero-order valence-electron chi connectivity index (χ0n) is 15.6. The normalized spacial score (nSPS) is 10.1. The first-order valence-corrected chi connectivity index (χ1v) is 8.52. The second-order valence-electron chi connectivity index (χ2n) is 5.61. The topological polar surface area (TPSA) is 136 Å². The molecule has 0 spiro atoms. The quantitative estimate of drug-likeness (QED) is 0.368. The summed E-state index contributed by atoms with van der Waals surface area (Å²) in [6.07, 6.45) is 0.875. The van der Waals surface area contributed by atoms with Crippen LogP contribution in [0.5, 0.6) is 23.0 Å². The fourth-order valence-corrected chi connectivity index (χ4v) is 2.48. The highest BCUT2D eigenvalue weighted by molar-refractivity contribution is 6.00. The zero-order chi connectivity index (χ0) is 21.6. The van der Waals surface area contributed by atoms with E-state index >= 15 is 0 Å². The number of hydrogen-bond acceptors (Lipinski definition) is 8. The summed E-state index contributed by atoms with van der Waals surface area (Å²) in [6, 6.07) is 4.57. The number of hydrogen-bond donors (Lipinski definition) is 2. The Morgan fingerprint density at radius 1 is 0.897 bits per heavy atom. The van der Waals surface area contributed by atoms with Gasteiger partial charge in [0.15, 0.2) is 23.0 Å². The van der Waals surface area contributed by atoms with Crippen molar-refractivity contribution in [1.82, 2.24) is 0 Å². The van der Waals surface area contributed by atoms with E-state index in [2.05, 4.69) is 0 Å². The van der Waals surface area contributed by atoms with E-state index in [4.69, 9.17) is 14.2 Å². The highest BCUT2D eigenvalue weighted by Gasteiger charge is 2.25. The molecule has 0 radical (unpaired) electrons. The van der Waals surface area contributed by atoms with Crippen molar-refractivity contribution in [3.8, 4) is 23.0 Å². The lowest BCUT2D eigenvalue weighted by Crippen LogP contribution is -2.14. The molecule has 0 atom stereocenters. The number of rotatable bonds is 9. The minimum Gasteiger partial charge on any atom is -0.504 e. The average molecular weight is 402 g/mol. The highest BCUT2D eigenvalue weighted by atomic mass is 16.6. The lowest BCUT2D eigenvalue weighted by molar-refractivity contribution is 0.0676. The number of aromatic hydroxyl groups is 1. The van der Waals surface area contributed by atoms with Gasteiger partial charge in [0.1, 0.15) is 23.7 Å². The first kappa shape index (κ1) is 21.4. The molecule has 0 heterocycles. The summed E-state index contributed by atoms with van der Waals surface area (Å²) in [7, 11) is 0. The maximum absolute atomic E-state index is 12.7. The summed E-state index contributed by atoms with van der Waals surface area (Å²) in [5.41, 5.74) is -0.841. The van der Waals surface area contributed by atoms with E-state index in [1.807, 2.05) is 0 Å². The fraction of sp³-hybridized carbons (Fsp3) is 0.200. The minimum absolute atomic E-state index is 0.00933. The van der Waals surface area contributed by atoms with E-state index in [0.29, 0.717) is 12.6 Å². The Morgan fingerprint density at radius 2 is 1.41 bits per heavy atom. The van der Waals surface area contributed by atoms with Gasteiger partial charge in [0.2, 0.25) is 0 Å². The van der Waals surface area contributed by atoms with Crippen molar-refractivity contribution in [1.29, 1.82) is 0 Å². The van der Waals surface area contributed by atoms with Crippen molar-refractivity contribution in [3.05, 3.63) is 46.5 Å². The van der Waals surface area contributed by atoms with Crippen molar-refractivity contribution in [3.63, 3.8) is 0 Å². The predicted molar refractivity (Wildman–Crippen MR) is 99.6 cm³/mol. The Balaban J connectivity index is 2.58. The standard InChI is InChI=1S/C20H18O9/c1-3-27-15-7-11(9-21)5-13(17(15)23)20(26)29-18-14(19(24)25)6-12(10-22)8-16(18)28-4-2/h5-10,23H,3-4H2,1-2H3,(H,24,25). The molecule has 0 amide bonds. The Labute approximate surface area is 165 Å². The SMILES string of the molecule is CCOc1cc(C=O)cc(C(=O)Oc2c(OCC)cc(C=O)cc2C(=O)O)c1O. The summed E-state index contributed by atoms with van der Waals surface area (Å²) in [5.74, 6) is -3.86. The molecule has 0 aliphatic heterocycles. The van der Waals surface area contributed by atoms with Gasteiger partial charge >= 0.3 is 11.9 Å². The lowest BCUT2D eigenvalue weighted by atomic mass is 10.1. The average Bonchev–Trinajstić information content (AvgIpc) is 2.70. The maximum atomic E-state index is 12.7. The van der Waals surface area contributed by atoms with Gasteiger partial charge in [-0.25, -0.2) is 9.59 Å². The van der Waals surface area contributed by atoms with Crippen LogP contribution in [-0.2, 0) is 0 Å². The molecule has 0 aromatic heterocycles. The third-order valence-corrected chi connectivity index (χ3v) is 3.69. The van der Waals surface area contributed by atoms with Crippen molar-refractivity contribution in [2.24, 2.45) is 0 Å². The van der Waals surface area contributed by atoms with Crippen molar-refractivity contribution >= 4 is 24.5 Å². The summed E-state index contributed by atoms with van der Waals surface area (Å²) < 4.78 is 15.7. The van der Waals surface area contributed by atoms with Crippen LogP contribution in [0.3, 0.4) is 0 Å². The van der Waals surface area contributed by atoms with Crippen molar-refractivity contribution in [2.75, 3.05) is 13.2 Å². The Hall–Kier alpha value is -3.88. The van der Waals surface area contributed by atoms with Gasteiger partial charge in [-0.3, -0.25) is 9.59 Å². The molecule has 0 saturated carbocycles. The van der Waals surface area contributed by atoms with E-state index in [1.165, 1.54) is 12.1 Å². The minimum atomic E-state index is -1.46. The molecule has 0 bridgehead atoms. The van der Waals surface area contributed by atoms with Crippen LogP contribution in [-0.4, -0.2) is 47.9 Å². The lowest BCUT2D eigenvalue weighted by Gasteiger charge is -2.15. The highest BCUT2D eigenvalue weighted by Crippen LogP contribution is 2.36. The predicted octanol–water partition coefficient (Wildman–Crippen LogP) is 2.73. The second-order valence-corrected chi connectivity index (χ2v) is 5.61. The number of carboxylic acids is 1. The molecule has 0 aliphatic rings. The molecule has 0 aliphatic carbocycles. The number of phenolic OH excluding ortho intramolecular Hbond substituents is 1. The monoisotopic (exact) mass is 402 g/mol. The molecule has 0 unspecified atom stereocenters. The van der Waals surface area contributed by atoms with Gasteiger partial charge in [-0.15, -0.1) is 0 Å². The van der Waals surface area contributed by atoms with Crippen LogP contribution in [0.2, 0.25) is 0 Å².